The Labute approximate surface area is 199 Å². The number of carbonyl (C=O) groups is 2. The summed E-state index contributed by atoms with van der Waals surface area (Å²) in [6, 6.07) is 31.4. The molecule has 0 saturated heterocycles. The SMILES string of the molecule is O=C(c1ccccc1-c1ccccc1C(=O)N1CCc2ccccc21)N1CCc2ccccc21. The number of rotatable bonds is 3. The first-order valence-corrected chi connectivity index (χ1v) is 11.7. The second-order valence-corrected chi connectivity index (χ2v) is 8.76. The van der Waals surface area contributed by atoms with E-state index in [1.165, 1.54) is 11.1 Å². The molecule has 4 heteroatoms. The van der Waals surface area contributed by atoms with Crippen molar-refractivity contribution in [2.75, 3.05) is 22.9 Å². The molecule has 0 aliphatic carbocycles. The summed E-state index contributed by atoms with van der Waals surface area (Å²) in [4.78, 5) is 31.2. The maximum absolute atomic E-state index is 13.7. The van der Waals surface area contributed by atoms with E-state index in [-0.39, 0.29) is 11.8 Å². The van der Waals surface area contributed by atoms with E-state index in [1.807, 2.05) is 94.7 Å². The number of para-hydroxylation sites is 2. The molecule has 0 aromatic heterocycles. The Hall–Kier alpha value is -4.18. The second-order valence-electron chi connectivity index (χ2n) is 8.76. The Kier molecular flexibility index (Phi) is 4.99. The molecule has 0 spiro atoms. The number of anilines is 2. The molecular formula is C30H24N2O2. The van der Waals surface area contributed by atoms with Gasteiger partial charge in [0.15, 0.2) is 0 Å². The van der Waals surface area contributed by atoms with Crippen LogP contribution in [0.2, 0.25) is 0 Å². The first-order valence-electron chi connectivity index (χ1n) is 11.7. The standard InChI is InChI=1S/C30H24N2O2/c33-29(31-19-17-21-9-1-7-15-27(21)31)25-13-5-3-11-23(25)24-12-4-6-14-26(24)30(34)32-20-18-22-10-2-8-16-28(22)32/h1-16H,17-20H2. The summed E-state index contributed by atoms with van der Waals surface area (Å²) in [5.74, 6) is -0.0661. The van der Waals surface area contributed by atoms with Gasteiger partial charge >= 0.3 is 0 Å². The zero-order chi connectivity index (χ0) is 23.1. The van der Waals surface area contributed by atoms with E-state index in [2.05, 4.69) is 12.1 Å². The third-order valence-corrected chi connectivity index (χ3v) is 6.87. The van der Waals surface area contributed by atoms with Crippen LogP contribution in [-0.2, 0) is 12.8 Å². The van der Waals surface area contributed by atoms with Gasteiger partial charge in [0.25, 0.3) is 11.8 Å². The minimum atomic E-state index is -0.0330. The largest absolute Gasteiger partial charge is 0.308 e. The predicted octanol–water partition coefficient (Wildman–Crippen LogP) is 5.76. The molecule has 4 aromatic rings. The van der Waals surface area contributed by atoms with Crippen molar-refractivity contribution in [3.63, 3.8) is 0 Å². The topological polar surface area (TPSA) is 40.6 Å². The fraction of sp³-hybridized carbons (Fsp3) is 0.133. The lowest BCUT2D eigenvalue weighted by molar-refractivity contribution is 0.0980. The molecular weight excluding hydrogens is 420 g/mol. The molecule has 2 aliphatic rings. The molecule has 34 heavy (non-hydrogen) atoms. The molecule has 0 bridgehead atoms. The quantitative estimate of drug-likeness (QED) is 0.403. The highest BCUT2D eigenvalue weighted by Crippen LogP contribution is 2.35. The lowest BCUT2D eigenvalue weighted by Gasteiger charge is -2.22. The van der Waals surface area contributed by atoms with Gasteiger partial charge in [-0.3, -0.25) is 9.59 Å². The number of carbonyl (C=O) groups excluding carboxylic acids is 2. The zero-order valence-corrected chi connectivity index (χ0v) is 18.8. The third kappa shape index (κ3) is 3.30. The van der Waals surface area contributed by atoms with Crippen LogP contribution >= 0.6 is 0 Å². The molecule has 166 valence electrons. The lowest BCUT2D eigenvalue weighted by Crippen LogP contribution is -2.30. The van der Waals surface area contributed by atoms with Crippen LogP contribution in [0, 0.1) is 0 Å². The Bertz CT molecular complexity index is 1320. The van der Waals surface area contributed by atoms with E-state index in [0.717, 1.165) is 35.3 Å². The third-order valence-electron chi connectivity index (χ3n) is 6.87. The minimum Gasteiger partial charge on any atom is -0.308 e. The summed E-state index contributed by atoms with van der Waals surface area (Å²) < 4.78 is 0. The van der Waals surface area contributed by atoms with Crippen molar-refractivity contribution >= 4 is 23.2 Å². The molecule has 0 radical (unpaired) electrons. The van der Waals surface area contributed by atoms with Gasteiger partial charge in [0.1, 0.15) is 0 Å². The molecule has 4 aromatic carbocycles. The predicted molar refractivity (Wildman–Crippen MR) is 136 cm³/mol. The van der Waals surface area contributed by atoms with E-state index < -0.39 is 0 Å². The summed E-state index contributed by atoms with van der Waals surface area (Å²) >= 11 is 0. The molecule has 4 nitrogen and oxygen atoms in total. The molecule has 0 fully saturated rings. The Morgan fingerprint density at radius 1 is 0.500 bits per heavy atom. The van der Waals surface area contributed by atoms with Gasteiger partial charge in [-0.2, -0.15) is 0 Å². The Morgan fingerprint density at radius 2 is 0.882 bits per heavy atom. The highest BCUT2D eigenvalue weighted by atomic mass is 16.2. The molecule has 0 unspecified atom stereocenters. The van der Waals surface area contributed by atoms with Crippen molar-refractivity contribution in [1.29, 1.82) is 0 Å². The van der Waals surface area contributed by atoms with E-state index in [4.69, 9.17) is 0 Å². The molecule has 0 N–H and O–H groups in total. The molecule has 0 saturated carbocycles. The van der Waals surface area contributed by atoms with Crippen molar-refractivity contribution in [3.05, 3.63) is 119 Å². The van der Waals surface area contributed by atoms with E-state index in [1.54, 1.807) is 0 Å². The highest BCUT2D eigenvalue weighted by molar-refractivity contribution is 6.15. The fourth-order valence-electron chi connectivity index (χ4n) is 5.20. The van der Waals surface area contributed by atoms with Gasteiger partial charge in [0, 0.05) is 35.6 Å². The van der Waals surface area contributed by atoms with Crippen LogP contribution in [0.25, 0.3) is 11.1 Å². The number of fused-ring (bicyclic) bond motifs is 2. The Morgan fingerprint density at radius 3 is 1.35 bits per heavy atom. The summed E-state index contributed by atoms with van der Waals surface area (Å²) in [6.45, 7) is 1.33. The van der Waals surface area contributed by atoms with Crippen molar-refractivity contribution in [3.8, 4) is 11.1 Å². The number of hydrogen-bond acceptors (Lipinski definition) is 2. The summed E-state index contributed by atoms with van der Waals surface area (Å²) in [5.41, 5.74) is 7.12. The van der Waals surface area contributed by atoms with Crippen molar-refractivity contribution in [1.82, 2.24) is 0 Å². The van der Waals surface area contributed by atoms with Crippen LogP contribution < -0.4 is 9.80 Å². The molecule has 2 aliphatic heterocycles. The number of hydrogen-bond donors (Lipinski definition) is 0. The first-order chi connectivity index (χ1) is 16.7. The summed E-state index contributed by atoms with van der Waals surface area (Å²) in [5, 5.41) is 0. The van der Waals surface area contributed by atoms with Gasteiger partial charge < -0.3 is 9.80 Å². The lowest BCUT2D eigenvalue weighted by atomic mass is 9.94. The molecule has 2 amide bonds. The van der Waals surface area contributed by atoms with E-state index >= 15 is 0 Å². The van der Waals surface area contributed by atoms with Crippen LogP contribution in [0.4, 0.5) is 11.4 Å². The van der Waals surface area contributed by atoms with Crippen LogP contribution in [0.5, 0.6) is 0 Å². The Balaban J connectivity index is 1.40. The van der Waals surface area contributed by atoms with Gasteiger partial charge in [0.2, 0.25) is 0 Å². The molecule has 0 atom stereocenters. The fourth-order valence-corrected chi connectivity index (χ4v) is 5.20. The molecule has 2 heterocycles. The van der Waals surface area contributed by atoms with Gasteiger partial charge in [0.05, 0.1) is 0 Å². The van der Waals surface area contributed by atoms with Crippen LogP contribution in [0.15, 0.2) is 97.1 Å². The normalized spacial score (nSPS) is 14.1. The second kappa shape index (κ2) is 8.31. The van der Waals surface area contributed by atoms with Crippen LogP contribution in [-0.4, -0.2) is 24.9 Å². The number of amides is 2. The minimum absolute atomic E-state index is 0.0330. The van der Waals surface area contributed by atoms with Crippen LogP contribution in [0.1, 0.15) is 31.8 Å². The van der Waals surface area contributed by atoms with Crippen molar-refractivity contribution in [2.24, 2.45) is 0 Å². The molecule has 6 rings (SSSR count). The maximum atomic E-state index is 13.7. The van der Waals surface area contributed by atoms with Crippen molar-refractivity contribution in [2.45, 2.75) is 12.8 Å². The summed E-state index contributed by atoms with van der Waals surface area (Å²) in [7, 11) is 0. The van der Waals surface area contributed by atoms with Gasteiger partial charge in [-0.1, -0.05) is 72.8 Å². The average molecular weight is 445 g/mol. The average Bonchev–Trinajstić information content (AvgIpc) is 3.52. The smallest absolute Gasteiger partial charge is 0.258 e. The zero-order valence-electron chi connectivity index (χ0n) is 18.8. The van der Waals surface area contributed by atoms with Gasteiger partial charge in [-0.25, -0.2) is 0 Å². The summed E-state index contributed by atoms with van der Waals surface area (Å²) in [6.07, 6.45) is 1.71. The van der Waals surface area contributed by atoms with Crippen molar-refractivity contribution < 1.29 is 9.59 Å². The van der Waals surface area contributed by atoms with Crippen LogP contribution in [0.3, 0.4) is 0 Å². The van der Waals surface area contributed by atoms with Gasteiger partial charge in [-0.15, -0.1) is 0 Å². The highest BCUT2D eigenvalue weighted by Gasteiger charge is 2.30. The van der Waals surface area contributed by atoms with Gasteiger partial charge in [-0.05, 0) is 59.4 Å². The number of benzene rings is 4. The van der Waals surface area contributed by atoms with E-state index in [0.29, 0.717) is 24.2 Å². The van der Waals surface area contributed by atoms with E-state index in [9.17, 15) is 9.59 Å². The first kappa shape index (κ1) is 20.4. The maximum Gasteiger partial charge on any atom is 0.258 e. The monoisotopic (exact) mass is 444 g/mol. The number of nitrogens with zero attached hydrogens (tertiary/aromatic N) is 2.